The van der Waals surface area contributed by atoms with E-state index in [2.05, 4.69) is 5.32 Å². The van der Waals surface area contributed by atoms with Crippen LogP contribution in [0.25, 0.3) is 0 Å². The maximum atomic E-state index is 12.5. The zero-order valence-electron chi connectivity index (χ0n) is 16.9. The van der Waals surface area contributed by atoms with Gasteiger partial charge in [-0.05, 0) is 48.4 Å². The van der Waals surface area contributed by atoms with Crippen LogP contribution in [-0.4, -0.2) is 22.5 Å². The Morgan fingerprint density at radius 3 is 2.56 bits per heavy atom. The summed E-state index contributed by atoms with van der Waals surface area (Å²) in [5, 5.41) is 13.4. The number of halogens is 1. The third-order valence-corrected chi connectivity index (χ3v) is 6.53. The van der Waals surface area contributed by atoms with Crippen molar-refractivity contribution in [3.8, 4) is 0 Å². The second-order valence-corrected chi connectivity index (χ2v) is 8.74. The number of amides is 2. The maximum Gasteiger partial charge on any atom is 0.270 e. The standard InChI is InChI=1S/C23H18ClN3O4S/c1-14-3-2-4-17(11-14)26-21(28)13-32-23(26)15-5-7-16(8-6-15)25-22(29)19-10-9-18(27(30)31)12-20(19)24/h2-12,23H,13H2,1H3,(H,25,29)/t23-/m1/s1. The molecule has 32 heavy (non-hydrogen) atoms. The molecule has 2 amide bonds. The molecule has 1 heterocycles. The van der Waals surface area contributed by atoms with Gasteiger partial charge in [-0.3, -0.25) is 24.6 Å². The number of carbonyl (C=O) groups is 2. The molecule has 1 aliphatic rings. The van der Waals surface area contributed by atoms with Crippen LogP contribution >= 0.6 is 23.4 Å². The molecule has 0 bridgehead atoms. The van der Waals surface area contributed by atoms with Gasteiger partial charge in [0, 0.05) is 23.5 Å². The van der Waals surface area contributed by atoms with Crippen LogP contribution < -0.4 is 10.2 Å². The molecule has 9 heteroatoms. The van der Waals surface area contributed by atoms with Gasteiger partial charge in [-0.25, -0.2) is 0 Å². The molecule has 0 radical (unpaired) electrons. The summed E-state index contributed by atoms with van der Waals surface area (Å²) >= 11 is 7.59. The summed E-state index contributed by atoms with van der Waals surface area (Å²) in [5.74, 6) is -0.0179. The summed E-state index contributed by atoms with van der Waals surface area (Å²) in [6, 6.07) is 18.8. The van der Waals surface area contributed by atoms with Crippen LogP contribution in [0.3, 0.4) is 0 Å². The van der Waals surface area contributed by atoms with E-state index >= 15 is 0 Å². The Bertz CT molecular complexity index is 1220. The van der Waals surface area contributed by atoms with Gasteiger partial charge >= 0.3 is 0 Å². The number of nitro groups is 1. The molecule has 0 saturated carbocycles. The lowest BCUT2D eigenvalue weighted by atomic mass is 10.1. The van der Waals surface area contributed by atoms with Gasteiger partial charge in [0.2, 0.25) is 5.91 Å². The number of benzene rings is 3. The van der Waals surface area contributed by atoms with Crippen LogP contribution in [0.1, 0.15) is 26.9 Å². The number of non-ortho nitro benzene ring substituents is 1. The molecular weight excluding hydrogens is 450 g/mol. The highest BCUT2D eigenvalue weighted by atomic mass is 35.5. The molecule has 3 aromatic rings. The number of hydrogen-bond acceptors (Lipinski definition) is 5. The molecule has 162 valence electrons. The molecule has 0 aliphatic carbocycles. The van der Waals surface area contributed by atoms with Crippen molar-refractivity contribution < 1.29 is 14.5 Å². The number of rotatable bonds is 5. The number of nitrogens with one attached hydrogen (secondary N) is 1. The molecule has 0 unspecified atom stereocenters. The summed E-state index contributed by atoms with van der Waals surface area (Å²) in [6.45, 7) is 1.99. The first-order valence-corrected chi connectivity index (χ1v) is 11.1. The van der Waals surface area contributed by atoms with Gasteiger partial charge in [0.25, 0.3) is 11.6 Å². The molecule has 1 saturated heterocycles. The zero-order valence-corrected chi connectivity index (χ0v) is 18.5. The molecule has 1 fully saturated rings. The molecule has 0 spiro atoms. The number of hydrogen-bond donors (Lipinski definition) is 1. The average Bonchev–Trinajstić information content (AvgIpc) is 3.15. The predicted molar refractivity (Wildman–Crippen MR) is 126 cm³/mol. The van der Waals surface area contributed by atoms with Crippen molar-refractivity contribution in [2.45, 2.75) is 12.3 Å². The van der Waals surface area contributed by atoms with E-state index in [0.717, 1.165) is 22.9 Å². The third kappa shape index (κ3) is 4.46. The Morgan fingerprint density at radius 1 is 1.16 bits per heavy atom. The number of thioether (sulfide) groups is 1. The quantitative estimate of drug-likeness (QED) is 0.390. The van der Waals surface area contributed by atoms with E-state index in [-0.39, 0.29) is 27.6 Å². The Labute approximate surface area is 193 Å². The molecule has 1 atom stereocenters. The highest BCUT2D eigenvalue weighted by Gasteiger charge is 2.34. The minimum absolute atomic E-state index is 0.00276. The number of aryl methyl sites for hydroxylation is 1. The summed E-state index contributed by atoms with van der Waals surface area (Å²) < 4.78 is 0. The van der Waals surface area contributed by atoms with Crippen LogP contribution in [0.2, 0.25) is 5.02 Å². The van der Waals surface area contributed by atoms with E-state index in [9.17, 15) is 19.7 Å². The molecule has 1 N–H and O–H groups in total. The lowest BCUT2D eigenvalue weighted by Crippen LogP contribution is -2.27. The van der Waals surface area contributed by atoms with E-state index in [0.29, 0.717) is 11.4 Å². The zero-order chi connectivity index (χ0) is 22.8. The van der Waals surface area contributed by atoms with Crippen LogP contribution in [0.5, 0.6) is 0 Å². The topological polar surface area (TPSA) is 92.6 Å². The third-order valence-electron chi connectivity index (χ3n) is 5.01. The van der Waals surface area contributed by atoms with Gasteiger partial charge in [0.05, 0.1) is 21.3 Å². The Kier molecular flexibility index (Phi) is 6.16. The van der Waals surface area contributed by atoms with Gasteiger partial charge in [-0.2, -0.15) is 0 Å². The molecule has 3 aromatic carbocycles. The predicted octanol–water partition coefficient (Wildman–Crippen LogP) is 5.59. The van der Waals surface area contributed by atoms with E-state index in [4.69, 9.17) is 11.6 Å². The van der Waals surface area contributed by atoms with Gasteiger partial charge in [-0.15, -0.1) is 11.8 Å². The average molecular weight is 468 g/mol. The Hall–Kier alpha value is -3.36. The van der Waals surface area contributed by atoms with Gasteiger partial charge in [0.1, 0.15) is 5.37 Å². The summed E-state index contributed by atoms with van der Waals surface area (Å²) in [7, 11) is 0. The monoisotopic (exact) mass is 467 g/mol. The lowest BCUT2D eigenvalue weighted by Gasteiger charge is -2.25. The van der Waals surface area contributed by atoms with E-state index in [1.54, 1.807) is 28.8 Å². The Morgan fingerprint density at radius 2 is 1.91 bits per heavy atom. The molecule has 0 aromatic heterocycles. The molecule has 1 aliphatic heterocycles. The first-order valence-electron chi connectivity index (χ1n) is 9.69. The van der Waals surface area contributed by atoms with E-state index in [1.807, 2.05) is 43.3 Å². The van der Waals surface area contributed by atoms with Crippen LogP contribution in [0.15, 0.2) is 66.7 Å². The Balaban J connectivity index is 1.51. The van der Waals surface area contributed by atoms with Crippen LogP contribution in [0.4, 0.5) is 17.1 Å². The second-order valence-electron chi connectivity index (χ2n) is 7.26. The van der Waals surface area contributed by atoms with Crippen molar-refractivity contribution in [1.82, 2.24) is 0 Å². The van der Waals surface area contributed by atoms with Gasteiger partial charge in [-0.1, -0.05) is 35.9 Å². The maximum absolute atomic E-state index is 12.5. The normalized spacial score (nSPS) is 15.6. The van der Waals surface area contributed by atoms with Gasteiger partial charge < -0.3 is 5.32 Å². The fraction of sp³-hybridized carbons (Fsp3) is 0.130. The summed E-state index contributed by atoms with van der Waals surface area (Å²) in [5.41, 5.74) is 3.38. The number of nitro benzene ring substituents is 1. The first-order chi connectivity index (χ1) is 15.3. The molecule has 7 nitrogen and oxygen atoms in total. The largest absolute Gasteiger partial charge is 0.322 e. The van der Waals surface area contributed by atoms with Crippen molar-refractivity contribution in [1.29, 1.82) is 0 Å². The highest BCUT2D eigenvalue weighted by molar-refractivity contribution is 8.00. The van der Waals surface area contributed by atoms with Crippen LogP contribution in [-0.2, 0) is 4.79 Å². The minimum atomic E-state index is -0.571. The number of carbonyl (C=O) groups excluding carboxylic acids is 2. The fourth-order valence-corrected chi connectivity index (χ4v) is 4.90. The van der Waals surface area contributed by atoms with E-state index < -0.39 is 10.8 Å². The summed E-state index contributed by atoms with van der Waals surface area (Å²) in [4.78, 5) is 37.1. The lowest BCUT2D eigenvalue weighted by molar-refractivity contribution is -0.384. The smallest absolute Gasteiger partial charge is 0.270 e. The van der Waals surface area contributed by atoms with Crippen molar-refractivity contribution in [2.75, 3.05) is 16.0 Å². The minimum Gasteiger partial charge on any atom is -0.322 e. The van der Waals surface area contributed by atoms with Crippen molar-refractivity contribution in [2.24, 2.45) is 0 Å². The van der Waals surface area contributed by atoms with Crippen molar-refractivity contribution >= 4 is 52.2 Å². The van der Waals surface area contributed by atoms with Crippen LogP contribution in [0, 0.1) is 17.0 Å². The van der Waals surface area contributed by atoms with Crippen molar-refractivity contribution in [3.05, 3.63) is 98.6 Å². The first kappa shape index (κ1) is 21.9. The number of anilines is 2. The molecule has 4 rings (SSSR count). The van der Waals surface area contributed by atoms with E-state index in [1.165, 1.54) is 12.1 Å². The van der Waals surface area contributed by atoms with Gasteiger partial charge in [0.15, 0.2) is 0 Å². The van der Waals surface area contributed by atoms with Crippen molar-refractivity contribution in [3.63, 3.8) is 0 Å². The molecular formula is C23H18ClN3O4S. The second kappa shape index (κ2) is 9.02. The summed E-state index contributed by atoms with van der Waals surface area (Å²) in [6.07, 6.45) is 0. The SMILES string of the molecule is Cc1cccc(N2C(=O)CS[C@@H]2c2ccc(NC(=O)c3ccc([N+](=O)[O-])cc3Cl)cc2)c1. The fourth-order valence-electron chi connectivity index (χ4n) is 3.46. The number of nitrogens with zero attached hydrogens (tertiary/aromatic N) is 2. The highest BCUT2D eigenvalue weighted by Crippen LogP contribution is 2.42.